The van der Waals surface area contributed by atoms with Crippen LogP contribution in [0.25, 0.3) is 0 Å². The highest BCUT2D eigenvalue weighted by atomic mass is 79.9. The molecule has 0 fully saturated rings. The van der Waals surface area contributed by atoms with E-state index in [2.05, 4.69) is 15.9 Å². The zero-order valence-corrected chi connectivity index (χ0v) is 10.0. The second-order valence-corrected chi connectivity index (χ2v) is 3.91. The van der Waals surface area contributed by atoms with Crippen molar-refractivity contribution in [1.29, 1.82) is 0 Å². The van der Waals surface area contributed by atoms with E-state index in [0.717, 1.165) is 22.3 Å². The van der Waals surface area contributed by atoms with Crippen LogP contribution >= 0.6 is 15.9 Å². The molecule has 0 saturated carbocycles. The summed E-state index contributed by atoms with van der Waals surface area (Å²) in [6, 6.07) is 1.86. The van der Waals surface area contributed by atoms with E-state index in [1.807, 2.05) is 13.0 Å². The van der Waals surface area contributed by atoms with Crippen LogP contribution in [0.3, 0.4) is 0 Å². The molecule has 0 unspecified atom stereocenters. The summed E-state index contributed by atoms with van der Waals surface area (Å²) in [5.41, 5.74) is 3.86. The van der Waals surface area contributed by atoms with Gasteiger partial charge in [-0.3, -0.25) is 10.1 Å². The van der Waals surface area contributed by atoms with E-state index in [1.165, 1.54) is 0 Å². The quantitative estimate of drug-likeness (QED) is 0.463. The molecule has 0 radical (unpaired) electrons. The maximum Gasteiger partial charge on any atom is 0.275 e. The lowest BCUT2D eigenvalue weighted by Gasteiger charge is -2.09. The summed E-state index contributed by atoms with van der Waals surface area (Å²) in [6.07, 6.45) is 0. The van der Waals surface area contributed by atoms with Gasteiger partial charge in [-0.25, -0.2) is 0 Å². The Hall–Kier alpha value is -0.900. The van der Waals surface area contributed by atoms with Gasteiger partial charge in [0, 0.05) is 16.5 Å². The second-order valence-electron chi connectivity index (χ2n) is 3.35. The maximum absolute atomic E-state index is 10.8. The first-order chi connectivity index (χ1) is 6.49. The van der Waals surface area contributed by atoms with E-state index in [0.29, 0.717) is 5.33 Å². The number of nitro benzene ring substituents is 1. The molecule has 0 aromatic heterocycles. The van der Waals surface area contributed by atoms with Crippen LogP contribution in [0.5, 0.6) is 0 Å². The molecule has 0 heterocycles. The fourth-order valence-electron chi connectivity index (χ4n) is 1.70. The fourth-order valence-corrected chi connectivity index (χ4v) is 2.56. The van der Waals surface area contributed by atoms with E-state index in [4.69, 9.17) is 0 Å². The molecular formula is C10H12BrNO2. The summed E-state index contributed by atoms with van der Waals surface area (Å²) in [5, 5.41) is 11.5. The summed E-state index contributed by atoms with van der Waals surface area (Å²) in [7, 11) is 0. The summed E-state index contributed by atoms with van der Waals surface area (Å²) < 4.78 is 0. The molecule has 1 aromatic carbocycles. The minimum Gasteiger partial charge on any atom is -0.258 e. The third kappa shape index (κ3) is 1.80. The number of nitro groups is 1. The number of hydrogen-bond acceptors (Lipinski definition) is 2. The summed E-state index contributed by atoms with van der Waals surface area (Å²) in [6.45, 7) is 5.55. The molecular weight excluding hydrogens is 246 g/mol. The van der Waals surface area contributed by atoms with E-state index in [1.54, 1.807) is 13.8 Å². The highest BCUT2D eigenvalue weighted by Gasteiger charge is 2.18. The number of aryl methyl sites for hydroxylation is 2. The Morgan fingerprint density at radius 2 is 1.93 bits per heavy atom. The van der Waals surface area contributed by atoms with Gasteiger partial charge in [0.15, 0.2) is 0 Å². The first-order valence-corrected chi connectivity index (χ1v) is 5.41. The molecule has 0 aliphatic heterocycles. The van der Waals surface area contributed by atoms with Crippen LogP contribution in [0.1, 0.15) is 22.3 Å². The zero-order valence-electron chi connectivity index (χ0n) is 8.43. The molecule has 0 atom stereocenters. The summed E-state index contributed by atoms with van der Waals surface area (Å²) in [4.78, 5) is 10.5. The zero-order chi connectivity index (χ0) is 10.9. The molecule has 14 heavy (non-hydrogen) atoms. The largest absolute Gasteiger partial charge is 0.275 e. The molecule has 0 N–H and O–H groups in total. The van der Waals surface area contributed by atoms with Crippen LogP contribution < -0.4 is 0 Å². The maximum atomic E-state index is 10.8. The van der Waals surface area contributed by atoms with Crippen LogP contribution in [0, 0.1) is 30.9 Å². The lowest BCUT2D eigenvalue weighted by molar-refractivity contribution is -0.386. The summed E-state index contributed by atoms with van der Waals surface area (Å²) >= 11 is 3.34. The lowest BCUT2D eigenvalue weighted by atomic mass is 9.99. The highest BCUT2D eigenvalue weighted by molar-refractivity contribution is 9.08. The van der Waals surface area contributed by atoms with Gasteiger partial charge in [0.2, 0.25) is 0 Å². The van der Waals surface area contributed by atoms with Crippen LogP contribution in [0.4, 0.5) is 5.69 Å². The van der Waals surface area contributed by atoms with Crippen LogP contribution in [0.15, 0.2) is 6.07 Å². The highest BCUT2D eigenvalue weighted by Crippen LogP contribution is 2.29. The van der Waals surface area contributed by atoms with Crippen molar-refractivity contribution in [2.75, 3.05) is 0 Å². The summed E-state index contributed by atoms with van der Waals surface area (Å²) in [5.74, 6) is 0. The topological polar surface area (TPSA) is 43.1 Å². The van der Waals surface area contributed by atoms with Crippen molar-refractivity contribution in [3.8, 4) is 0 Å². The molecule has 0 saturated heterocycles. The number of hydrogen-bond donors (Lipinski definition) is 0. The molecule has 4 heteroatoms. The van der Waals surface area contributed by atoms with Gasteiger partial charge in [0.1, 0.15) is 0 Å². The Morgan fingerprint density at radius 3 is 2.36 bits per heavy atom. The monoisotopic (exact) mass is 257 g/mol. The van der Waals surface area contributed by atoms with Gasteiger partial charge in [-0.15, -0.1) is 0 Å². The molecule has 76 valence electrons. The van der Waals surface area contributed by atoms with Gasteiger partial charge >= 0.3 is 0 Å². The van der Waals surface area contributed by atoms with E-state index >= 15 is 0 Å². The number of rotatable bonds is 2. The molecule has 1 rings (SSSR count). The second kappa shape index (κ2) is 4.09. The third-order valence-electron chi connectivity index (χ3n) is 2.41. The van der Waals surface area contributed by atoms with Crippen molar-refractivity contribution < 1.29 is 4.92 Å². The van der Waals surface area contributed by atoms with Crippen molar-refractivity contribution >= 4 is 21.6 Å². The fraction of sp³-hybridized carbons (Fsp3) is 0.400. The van der Waals surface area contributed by atoms with Gasteiger partial charge in [-0.05, 0) is 38.0 Å². The van der Waals surface area contributed by atoms with Gasteiger partial charge in [0.25, 0.3) is 5.69 Å². The van der Waals surface area contributed by atoms with Crippen molar-refractivity contribution in [1.82, 2.24) is 0 Å². The van der Waals surface area contributed by atoms with Crippen LogP contribution in [0.2, 0.25) is 0 Å². The Kier molecular flexibility index (Phi) is 3.26. The SMILES string of the molecule is Cc1cc(C)c([N+](=O)[O-])c(C)c1CBr. The minimum absolute atomic E-state index is 0.241. The molecule has 0 bridgehead atoms. The number of halogens is 1. The first-order valence-electron chi connectivity index (χ1n) is 4.29. The number of alkyl halides is 1. The first kappa shape index (κ1) is 11.2. The van der Waals surface area contributed by atoms with Crippen LogP contribution in [-0.4, -0.2) is 4.92 Å². The van der Waals surface area contributed by atoms with Gasteiger partial charge in [-0.2, -0.15) is 0 Å². The number of benzene rings is 1. The molecule has 0 aliphatic rings. The van der Waals surface area contributed by atoms with Gasteiger partial charge in [-0.1, -0.05) is 15.9 Å². The van der Waals surface area contributed by atoms with Gasteiger partial charge < -0.3 is 0 Å². The minimum atomic E-state index is -0.309. The van der Waals surface area contributed by atoms with Crippen molar-refractivity contribution in [3.63, 3.8) is 0 Å². The van der Waals surface area contributed by atoms with Crippen molar-refractivity contribution in [2.45, 2.75) is 26.1 Å². The van der Waals surface area contributed by atoms with Gasteiger partial charge in [0.05, 0.1) is 4.92 Å². The predicted molar refractivity (Wildman–Crippen MR) is 59.9 cm³/mol. The lowest BCUT2D eigenvalue weighted by Crippen LogP contribution is -2.00. The van der Waals surface area contributed by atoms with Crippen molar-refractivity contribution in [2.24, 2.45) is 0 Å². The van der Waals surface area contributed by atoms with E-state index in [-0.39, 0.29) is 10.6 Å². The predicted octanol–water partition coefficient (Wildman–Crippen LogP) is 3.41. The van der Waals surface area contributed by atoms with Crippen molar-refractivity contribution in [3.05, 3.63) is 38.4 Å². The smallest absolute Gasteiger partial charge is 0.258 e. The average molecular weight is 258 g/mol. The third-order valence-corrected chi connectivity index (χ3v) is 2.97. The normalized spacial score (nSPS) is 10.3. The Morgan fingerprint density at radius 1 is 1.36 bits per heavy atom. The molecule has 0 amide bonds. The molecule has 3 nitrogen and oxygen atoms in total. The standard InChI is InChI=1S/C10H12BrNO2/c1-6-4-7(2)10(12(13)14)8(3)9(6)5-11/h4H,5H2,1-3H3. The molecule has 0 spiro atoms. The molecule has 0 aliphatic carbocycles. The Labute approximate surface area is 91.4 Å². The average Bonchev–Trinajstić information content (AvgIpc) is 2.02. The number of nitrogens with zero attached hydrogens (tertiary/aromatic N) is 1. The Bertz CT molecular complexity index is 388. The van der Waals surface area contributed by atoms with Crippen LogP contribution in [-0.2, 0) is 5.33 Å². The molecule has 1 aromatic rings. The van der Waals surface area contributed by atoms with E-state index < -0.39 is 0 Å². The Balaban J connectivity index is 3.52. The van der Waals surface area contributed by atoms with E-state index in [9.17, 15) is 10.1 Å².